The minimum Gasteiger partial charge on any atom is -0.473 e. The highest BCUT2D eigenvalue weighted by atomic mass is 32.2. The van der Waals surface area contributed by atoms with Crippen molar-refractivity contribution in [3.8, 4) is 5.88 Å². The largest absolute Gasteiger partial charge is 0.473 e. The molecule has 2 aromatic heterocycles. The van der Waals surface area contributed by atoms with Gasteiger partial charge in [0, 0.05) is 33.2 Å². The molecule has 1 aromatic carbocycles. The molecule has 1 aliphatic rings. The fraction of sp³-hybridized carbons (Fsp3) is 0.364. The van der Waals surface area contributed by atoms with Gasteiger partial charge in [0.1, 0.15) is 23.9 Å². The number of aliphatic hydroxyl groups is 1. The van der Waals surface area contributed by atoms with Crippen molar-refractivity contribution in [3.05, 3.63) is 42.4 Å². The molecule has 1 saturated carbocycles. The molecule has 2 heterocycles. The van der Waals surface area contributed by atoms with E-state index < -0.39 is 9.71 Å². The summed E-state index contributed by atoms with van der Waals surface area (Å²) in [5.74, 6) is 4.79. The second-order valence-electron chi connectivity index (χ2n) is 8.05. The maximum Gasteiger partial charge on any atom is 0.238 e. The number of benzene rings is 1. The van der Waals surface area contributed by atoms with E-state index in [0.717, 1.165) is 42.1 Å². The Balaban J connectivity index is 1.63. The molecule has 0 bridgehead atoms. The Morgan fingerprint density at radius 1 is 1.19 bits per heavy atom. The van der Waals surface area contributed by atoms with Crippen LogP contribution in [0.15, 0.2) is 36.8 Å². The van der Waals surface area contributed by atoms with Gasteiger partial charge in [0.05, 0.1) is 11.6 Å². The van der Waals surface area contributed by atoms with Crippen LogP contribution in [0.3, 0.4) is 0 Å². The van der Waals surface area contributed by atoms with Crippen molar-refractivity contribution < 1.29 is 14.1 Å². The van der Waals surface area contributed by atoms with E-state index in [1.54, 1.807) is 12.5 Å². The lowest BCUT2D eigenvalue weighted by atomic mass is 9.95. The molecule has 1 unspecified atom stereocenters. The number of hydrogen-bond donors (Lipinski definition) is 3. The normalized spacial score (nSPS) is 20.7. The molecule has 0 spiro atoms. The Kier molecular flexibility index (Phi) is 5.97. The number of fused-ring (bicyclic) bond motifs is 1. The first-order valence-electron chi connectivity index (χ1n) is 10.2. The molecule has 0 aliphatic heterocycles. The summed E-state index contributed by atoms with van der Waals surface area (Å²) in [4.78, 5) is 13.2. The lowest BCUT2D eigenvalue weighted by Crippen LogP contribution is -2.27. The molecule has 8 nitrogen and oxygen atoms in total. The first kappa shape index (κ1) is 21.3. The summed E-state index contributed by atoms with van der Waals surface area (Å²) in [6, 6.07) is 7.47. The van der Waals surface area contributed by atoms with Crippen LogP contribution >= 0.6 is 0 Å². The Bertz CT molecular complexity index is 1190. The van der Waals surface area contributed by atoms with Crippen LogP contribution in [0, 0.1) is 6.92 Å². The number of hydrogen-bond acceptors (Lipinski definition) is 7. The average Bonchev–Trinajstić information content (AvgIpc) is 2.70. The Morgan fingerprint density at radius 2 is 1.97 bits per heavy atom. The summed E-state index contributed by atoms with van der Waals surface area (Å²) in [5.41, 5.74) is 3.06. The number of nitrogens with zero attached hydrogens (tertiary/aromatic N) is 3. The predicted octanol–water partition coefficient (Wildman–Crippen LogP) is 3.43. The quantitative estimate of drug-likeness (QED) is 0.503. The molecule has 164 valence electrons. The third kappa shape index (κ3) is 5.23. The molecule has 0 radical (unpaired) electrons. The second kappa shape index (κ2) is 8.68. The SMILES string of the molecule is C=S(C)(=O)Nc1cc(C)c2c(Nc3cccnc3OC3CCC(O)CC3)ncnc2c1. The van der Waals surface area contributed by atoms with Gasteiger partial charge in [-0.2, -0.15) is 0 Å². The summed E-state index contributed by atoms with van der Waals surface area (Å²) in [5, 5.41) is 13.9. The topological polar surface area (TPSA) is 109 Å². The smallest absolute Gasteiger partial charge is 0.238 e. The van der Waals surface area contributed by atoms with Gasteiger partial charge in [0.25, 0.3) is 0 Å². The van der Waals surface area contributed by atoms with Gasteiger partial charge in [-0.1, -0.05) is 0 Å². The highest BCUT2D eigenvalue weighted by Gasteiger charge is 2.22. The van der Waals surface area contributed by atoms with E-state index in [9.17, 15) is 9.32 Å². The van der Waals surface area contributed by atoms with Crippen molar-refractivity contribution >= 4 is 43.7 Å². The van der Waals surface area contributed by atoms with Gasteiger partial charge in [-0.15, -0.1) is 0 Å². The number of pyridine rings is 1. The molecule has 9 heteroatoms. The summed E-state index contributed by atoms with van der Waals surface area (Å²) < 4.78 is 21.1. The monoisotopic (exact) mass is 441 g/mol. The molecule has 4 rings (SSSR count). The van der Waals surface area contributed by atoms with Gasteiger partial charge < -0.3 is 19.9 Å². The summed E-state index contributed by atoms with van der Waals surface area (Å²) >= 11 is 0. The van der Waals surface area contributed by atoms with Gasteiger partial charge in [-0.3, -0.25) is 0 Å². The third-order valence-electron chi connectivity index (χ3n) is 5.22. The molecule has 3 N–H and O–H groups in total. The minimum atomic E-state index is -2.39. The Hall–Kier alpha value is -2.91. The van der Waals surface area contributed by atoms with Crippen LogP contribution in [0.1, 0.15) is 31.2 Å². The van der Waals surface area contributed by atoms with Gasteiger partial charge >= 0.3 is 0 Å². The van der Waals surface area contributed by atoms with Crippen molar-refractivity contribution in [3.63, 3.8) is 0 Å². The second-order valence-corrected chi connectivity index (χ2v) is 10.3. The molecule has 1 aliphatic carbocycles. The van der Waals surface area contributed by atoms with E-state index in [2.05, 4.69) is 30.9 Å². The summed E-state index contributed by atoms with van der Waals surface area (Å²) in [6.07, 6.45) is 7.61. The number of rotatable bonds is 6. The lowest BCUT2D eigenvalue weighted by Gasteiger charge is -2.26. The third-order valence-corrected chi connectivity index (χ3v) is 5.88. The number of aliphatic hydroxyl groups excluding tert-OH is 1. The van der Waals surface area contributed by atoms with Crippen molar-refractivity contribution in [1.29, 1.82) is 0 Å². The highest BCUT2D eigenvalue weighted by Crippen LogP contribution is 2.33. The van der Waals surface area contributed by atoms with Crippen LogP contribution in [-0.4, -0.2) is 48.6 Å². The standard InChI is InChI=1S/C22H27N5O3S/c1-14-11-15(27-31(2,3)29)12-19-20(14)21(25-13-24-19)26-18-5-4-10-23-22(18)30-17-8-6-16(28)7-9-17/h4-5,10-13,16-17,28H,2,6-9H2,1,3H3,(H,27,29)(H,24,25,26). The van der Waals surface area contributed by atoms with Crippen molar-refractivity contribution in [1.82, 2.24) is 15.0 Å². The summed E-state index contributed by atoms with van der Waals surface area (Å²) in [7, 11) is -2.39. The molecule has 0 amide bonds. The van der Waals surface area contributed by atoms with E-state index in [1.165, 1.54) is 6.33 Å². The molecular formula is C22H27N5O3S. The number of nitrogens with one attached hydrogen (secondary N) is 2. The van der Waals surface area contributed by atoms with Gasteiger partial charge in [-0.25, -0.2) is 19.2 Å². The van der Waals surface area contributed by atoms with E-state index in [4.69, 9.17) is 4.74 Å². The van der Waals surface area contributed by atoms with Crippen molar-refractivity contribution in [2.75, 3.05) is 16.3 Å². The fourth-order valence-corrected chi connectivity index (χ4v) is 4.44. The zero-order valence-corrected chi connectivity index (χ0v) is 18.5. The van der Waals surface area contributed by atoms with Gasteiger partial charge in [0.15, 0.2) is 0 Å². The van der Waals surface area contributed by atoms with E-state index in [0.29, 0.717) is 23.1 Å². The van der Waals surface area contributed by atoms with Crippen LogP contribution in [0.4, 0.5) is 17.2 Å². The molecule has 31 heavy (non-hydrogen) atoms. The molecule has 1 atom stereocenters. The first-order valence-corrected chi connectivity index (χ1v) is 12.3. The van der Waals surface area contributed by atoms with Gasteiger partial charge in [0.2, 0.25) is 5.88 Å². The number of ether oxygens (including phenoxy) is 1. The Morgan fingerprint density at radius 3 is 2.71 bits per heavy atom. The highest BCUT2D eigenvalue weighted by molar-refractivity contribution is 8.00. The molecule has 3 aromatic rings. The van der Waals surface area contributed by atoms with Crippen LogP contribution in [0.2, 0.25) is 0 Å². The molecule has 1 fully saturated rings. The number of anilines is 3. The van der Waals surface area contributed by atoms with Crippen LogP contribution in [0.5, 0.6) is 5.88 Å². The molecular weight excluding hydrogens is 414 g/mol. The Labute approximate surface area is 182 Å². The lowest BCUT2D eigenvalue weighted by molar-refractivity contribution is 0.0647. The molecule has 0 saturated heterocycles. The first-order chi connectivity index (χ1) is 14.8. The minimum absolute atomic E-state index is 0.0305. The summed E-state index contributed by atoms with van der Waals surface area (Å²) in [6.45, 7) is 1.95. The number of aryl methyl sites for hydroxylation is 1. The van der Waals surface area contributed by atoms with E-state index >= 15 is 0 Å². The van der Waals surface area contributed by atoms with Crippen LogP contribution in [-0.2, 0) is 9.71 Å². The zero-order valence-electron chi connectivity index (χ0n) is 17.7. The zero-order chi connectivity index (χ0) is 22.0. The van der Waals surface area contributed by atoms with Crippen LogP contribution < -0.4 is 14.8 Å². The van der Waals surface area contributed by atoms with Gasteiger partial charge in [-0.05, 0) is 68.3 Å². The number of aromatic nitrogens is 3. The fourth-order valence-electron chi connectivity index (χ4n) is 3.82. The predicted molar refractivity (Wildman–Crippen MR) is 125 cm³/mol. The van der Waals surface area contributed by atoms with Crippen molar-refractivity contribution in [2.24, 2.45) is 0 Å². The van der Waals surface area contributed by atoms with Crippen LogP contribution in [0.25, 0.3) is 10.9 Å². The van der Waals surface area contributed by atoms with E-state index in [-0.39, 0.29) is 12.2 Å². The maximum atomic E-state index is 12.0. The maximum absolute atomic E-state index is 12.0. The van der Waals surface area contributed by atoms with E-state index in [1.807, 2.05) is 31.2 Å². The average molecular weight is 442 g/mol. The van der Waals surface area contributed by atoms with Crippen molar-refractivity contribution in [2.45, 2.75) is 44.8 Å².